The lowest BCUT2D eigenvalue weighted by atomic mass is 10.1. The maximum atomic E-state index is 12.9. The largest absolute Gasteiger partial charge is 0.355 e. The zero-order chi connectivity index (χ0) is 16.2. The fourth-order valence-electron chi connectivity index (χ4n) is 2.13. The van der Waals surface area contributed by atoms with E-state index in [0.717, 1.165) is 11.1 Å². The molecule has 5 nitrogen and oxygen atoms in total. The van der Waals surface area contributed by atoms with E-state index in [-0.39, 0.29) is 23.5 Å². The fraction of sp³-hybridized carbons (Fsp3) is 0.118. The second kappa shape index (κ2) is 6.39. The van der Waals surface area contributed by atoms with Crippen LogP contribution in [0.4, 0.5) is 4.39 Å². The summed E-state index contributed by atoms with van der Waals surface area (Å²) >= 11 is 0. The van der Waals surface area contributed by atoms with Crippen LogP contribution in [-0.2, 0) is 0 Å². The van der Waals surface area contributed by atoms with Crippen LogP contribution >= 0.6 is 0 Å². The van der Waals surface area contributed by atoms with Crippen molar-refractivity contribution in [3.8, 4) is 11.3 Å². The van der Waals surface area contributed by atoms with Crippen molar-refractivity contribution >= 4 is 5.91 Å². The minimum absolute atomic E-state index is 0.179. The van der Waals surface area contributed by atoms with Crippen LogP contribution in [0.25, 0.3) is 11.3 Å². The van der Waals surface area contributed by atoms with Crippen LogP contribution in [0, 0.1) is 5.82 Å². The summed E-state index contributed by atoms with van der Waals surface area (Å²) in [4.78, 5) is 16.2. The summed E-state index contributed by atoms with van der Waals surface area (Å²) in [6.07, 6.45) is 3.28. The quantitative estimate of drug-likeness (QED) is 0.802. The van der Waals surface area contributed by atoms with E-state index < -0.39 is 0 Å². The van der Waals surface area contributed by atoms with Crippen molar-refractivity contribution < 1.29 is 13.7 Å². The molecule has 2 heterocycles. The van der Waals surface area contributed by atoms with Crippen molar-refractivity contribution in [2.24, 2.45) is 0 Å². The molecule has 0 aliphatic rings. The predicted molar refractivity (Wildman–Crippen MR) is 82.0 cm³/mol. The molecule has 0 spiro atoms. The van der Waals surface area contributed by atoms with E-state index in [1.54, 1.807) is 36.7 Å². The van der Waals surface area contributed by atoms with Crippen LogP contribution in [0.1, 0.15) is 29.0 Å². The van der Waals surface area contributed by atoms with Crippen LogP contribution in [-0.4, -0.2) is 16.0 Å². The molecule has 3 rings (SSSR count). The minimum atomic E-state index is -0.360. The van der Waals surface area contributed by atoms with Crippen molar-refractivity contribution in [2.75, 3.05) is 0 Å². The summed E-state index contributed by atoms with van der Waals surface area (Å²) in [5, 5.41) is 6.58. The van der Waals surface area contributed by atoms with Crippen LogP contribution < -0.4 is 5.32 Å². The van der Waals surface area contributed by atoms with E-state index in [1.165, 1.54) is 12.1 Å². The molecule has 0 bridgehead atoms. The normalized spacial score (nSPS) is 11.9. The fourth-order valence-corrected chi connectivity index (χ4v) is 2.13. The maximum Gasteiger partial charge on any atom is 0.273 e. The number of carbonyl (C=O) groups excluding carboxylic acids is 1. The first kappa shape index (κ1) is 14.9. The SMILES string of the molecule is C[C@H](NC(=O)c1cc(-c2cccnc2)on1)c1ccc(F)cc1. The van der Waals surface area contributed by atoms with Gasteiger partial charge in [-0.1, -0.05) is 17.3 Å². The number of aromatic nitrogens is 2. The van der Waals surface area contributed by atoms with Crippen LogP contribution in [0.15, 0.2) is 59.4 Å². The second-order valence-electron chi connectivity index (χ2n) is 5.06. The minimum Gasteiger partial charge on any atom is -0.355 e. The van der Waals surface area contributed by atoms with Gasteiger partial charge in [0.25, 0.3) is 5.91 Å². The maximum absolute atomic E-state index is 12.9. The summed E-state index contributed by atoms with van der Waals surface area (Å²) in [5.41, 5.74) is 1.72. The highest BCUT2D eigenvalue weighted by Gasteiger charge is 2.16. The first-order valence-electron chi connectivity index (χ1n) is 7.07. The average molecular weight is 311 g/mol. The lowest BCUT2D eigenvalue weighted by molar-refractivity contribution is 0.0931. The number of benzene rings is 1. The Bertz CT molecular complexity index is 800. The summed E-state index contributed by atoms with van der Waals surface area (Å²) in [5.74, 6) is -0.205. The number of halogens is 1. The van der Waals surface area contributed by atoms with Gasteiger partial charge in [0.2, 0.25) is 0 Å². The molecule has 0 unspecified atom stereocenters. The lowest BCUT2D eigenvalue weighted by Crippen LogP contribution is -2.26. The summed E-state index contributed by atoms with van der Waals surface area (Å²) < 4.78 is 18.1. The van der Waals surface area contributed by atoms with Gasteiger partial charge in [-0.3, -0.25) is 9.78 Å². The van der Waals surface area contributed by atoms with Gasteiger partial charge in [0, 0.05) is 24.0 Å². The molecule has 1 atom stereocenters. The summed E-state index contributed by atoms with van der Waals surface area (Å²) in [7, 11) is 0. The van der Waals surface area contributed by atoms with E-state index in [9.17, 15) is 9.18 Å². The predicted octanol–water partition coefficient (Wildman–Crippen LogP) is 3.37. The van der Waals surface area contributed by atoms with E-state index in [1.807, 2.05) is 13.0 Å². The number of hydrogen-bond donors (Lipinski definition) is 1. The number of pyridine rings is 1. The molecule has 3 aromatic rings. The molecule has 1 aromatic carbocycles. The zero-order valence-corrected chi connectivity index (χ0v) is 12.4. The van der Waals surface area contributed by atoms with Crippen LogP contribution in [0.2, 0.25) is 0 Å². The first-order valence-corrected chi connectivity index (χ1v) is 7.07. The first-order chi connectivity index (χ1) is 11.1. The number of hydrogen-bond acceptors (Lipinski definition) is 4. The molecule has 6 heteroatoms. The monoisotopic (exact) mass is 311 g/mol. The Morgan fingerprint density at radius 3 is 2.74 bits per heavy atom. The van der Waals surface area contributed by atoms with Crippen LogP contribution in [0.3, 0.4) is 0 Å². The van der Waals surface area contributed by atoms with Gasteiger partial charge in [-0.25, -0.2) is 4.39 Å². The van der Waals surface area contributed by atoms with Crippen molar-refractivity contribution in [2.45, 2.75) is 13.0 Å². The molecular formula is C17H14FN3O2. The Labute approximate surface area is 132 Å². The highest BCUT2D eigenvalue weighted by Crippen LogP contribution is 2.19. The van der Waals surface area contributed by atoms with Crippen molar-refractivity contribution in [3.05, 3.63) is 71.9 Å². The van der Waals surface area contributed by atoms with E-state index in [2.05, 4.69) is 15.5 Å². The third kappa shape index (κ3) is 3.42. The summed E-state index contributed by atoms with van der Waals surface area (Å²) in [6, 6.07) is 10.8. The average Bonchev–Trinajstić information content (AvgIpc) is 3.06. The standard InChI is InChI=1S/C17H14FN3O2/c1-11(12-4-6-14(18)7-5-12)20-17(22)15-9-16(23-21-15)13-3-2-8-19-10-13/h2-11H,1H3,(H,20,22)/t11-/m0/s1. The Morgan fingerprint density at radius 1 is 1.26 bits per heavy atom. The van der Waals surface area contributed by atoms with Gasteiger partial charge in [0.1, 0.15) is 5.82 Å². The highest BCUT2D eigenvalue weighted by atomic mass is 19.1. The molecule has 1 amide bonds. The van der Waals surface area contributed by atoms with Crippen molar-refractivity contribution in [3.63, 3.8) is 0 Å². The van der Waals surface area contributed by atoms with Crippen molar-refractivity contribution in [1.29, 1.82) is 0 Å². The number of nitrogens with zero attached hydrogens (tertiary/aromatic N) is 2. The molecule has 0 saturated heterocycles. The molecule has 1 N–H and O–H groups in total. The Kier molecular flexibility index (Phi) is 4.14. The molecule has 23 heavy (non-hydrogen) atoms. The number of carbonyl (C=O) groups is 1. The molecule has 0 radical (unpaired) electrons. The number of nitrogens with one attached hydrogen (secondary N) is 1. The van der Waals surface area contributed by atoms with E-state index in [0.29, 0.717) is 5.76 Å². The highest BCUT2D eigenvalue weighted by molar-refractivity contribution is 5.93. The lowest BCUT2D eigenvalue weighted by Gasteiger charge is -2.12. The number of rotatable bonds is 4. The third-order valence-corrected chi connectivity index (χ3v) is 3.41. The smallest absolute Gasteiger partial charge is 0.273 e. The van der Waals surface area contributed by atoms with Crippen LogP contribution in [0.5, 0.6) is 0 Å². The number of amides is 1. The van der Waals surface area contributed by atoms with Gasteiger partial charge in [0.15, 0.2) is 11.5 Å². The topological polar surface area (TPSA) is 68.0 Å². The van der Waals surface area contributed by atoms with E-state index >= 15 is 0 Å². The van der Waals surface area contributed by atoms with Gasteiger partial charge in [-0.15, -0.1) is 0 Å². The molecule has 0 aliphatic carbocycles. The van der Waals surface area contributed by atoms with Crippen molar-refractivity contribution in [1.82, 2.24) is 15.5 Å². The van der Waals surface area contributed by atoms with Gasteiger partial charge in [-0.05, 0) is 36.8 Å². The molecule has 0 saturated carbocycles. The zero-order valence-electron chi connectivity index (χ0n) is 12.4. The Hall–Kier alpha value is -3.02. The van der Waals surface area contributed by atoms with Gasteiger partial charge < -0.3 is 9.84 Å². The Morgan fingerprint density at radius 2 is 2.04 bits per heavy atom. The molecule has 0 aliphatic heterocycles. The Balaban J connectivity index is 1.71. The molecule has 116 valence electrons. The van der Waals surface area contributed by atoms with Gasteiger partial charge >= 0.3 is 0 Å². The molecular weight excluding hydrogens is 297 g/mol. The van der Waals surface area contributed by atoms with E-state index in [4.69, 9.17) is 4.52 Å². The third-order valence-electron chi connectivity index (χ3n) is 3.41. The van der Waals surface area contributed by atoms with Gasteiger partial charge in [0.05, 0.1) is 6.04 Å². The van der Waals surface area contributed by atoms with Gasteiger partial charge in [-0.2, -0.15) is 0 Å². The molecule has 0 fully saturated rings. The second-order valence-corrected chi connectivity index (χ2v) is 5.06. The summed E-state index contributed by atoms with van der Waals surface area (Å²) in [6.45, 7) is 1.81. The molecule has 2 aromatic heterocycles.